The minimum Gasteiger partial charge on any atom is -0.469 e. The van der Waals surface area contributed by atoms with Gasteiger partial charge in [-0.15, -0.1) is 0 Å². The second-order valence-electron chi connectivity index (χ2n) is 11.9. The van der Waals surface area contributed by atoms with E-state index >= 15 is 0 Å². The zero-order chi connectivity index (χ0) is 24.1. The number of esters is 3. The fraction of sp³-hybridized carbons (Fsp3) is 0.889. The molecule has 0 spiro atoms. The van der Waals surface area contributed by atoms with E-state index in [1.165, 1.54) is 27.4 Å². The van der Waals surface area contributed by atoms with Crippen molar-refractivity contribution in [1.29, 1.82) is 0 Å². The number of rotatable bonds is 4. The van der Waals surface area contributed by atoms with Crippen LogP contribution >= 0.6 is 0 Å². The Morgan fingerprint density at radius 2 is 1.58 bits per heavy atom. The third-order valence-electron chi connectivity index (χ3n) is 10.6. The molecule has 0 unspecified atom stereocenters. The number of carbonyl (C=O) groups excluding carboxylic acids is 3. The number of methoxy groups -OCH3 is 1. The van der Waals surface area contributed by atoms with E-state index in [9.17, 15) is 14.4 Å². The van der Waals surface area contributed by atoms with Crippen LogP contribution in [0.15, 0.2) is 0 Å². The van der Waals surface area contributed by atoms with Gasteiger partial charge in [-0.1, -0.05) is 20.8 Å². The van der Waals surface area contributed by atoms with Crippen LogP contribution in [0.5, 0.6) is 0 Å². The second kappa shape index (κ2) is 8.88. The number of ether oxygens (including phenoxy) is 3. The molecule has 0 aromatic rings. The van der Waals surface area contributed by atoms with Gasteiger partial charge in [-0.3, -0.25) is 14.4 Å². The second-order valence-corrected chi connectivity index (χ2v) is 11.9. The van der Waals surface area contributed by atoms with Crippen molar-refractivity contribution in [3.05, 3.63) is 0 Å². The Morgan fingerprint density at radius 1 is 0.879 bits per heavy atom. The molecule has 4 fully saturated rings. The summed E-state index contributed by atoms with van der Waals surface area (Å²) in [4.78, 5) is 36.3. The lowest BCUT2D eigenvalue weighted by Crippen LogP contribution is -2.60. The van der Waals surface area contributed by atoms with Gasteiger partial charge in [0.2, 0.25) is 0 Å². The van der Waals surface area contributed by atoms with E-state index in [0.717, 1.165) is 44.9 Å². The van der Waals surface area contributed by atoms with Crippen LogP contribution < -0.4 is 0 Å². The molecule has 0 bridgehead atoms. The molecule has 6 nitrogen and oxygen atoms in total. The molecule has 186 valence electrons. The summed E-state index contributed by atoms with van der Waals surface area (Å²) in [5, 5.41) is 0. The van der Waals surface area contributed by atoms with Gasteiger partial charge in [0, 0.05) is 19.3 Å². The van der Waals surface area contributed by atoms with E-state index in [0.29, 0.717) is 23.7 Å². The van der Waals surface area contributed by atoms with E-state index in [-0.39, 0.29) is 52.8 Å². The molecule has 4 aliphatic rings. The fourth-order valence-corrected chi connectivity index (χ4v) is 9.08. The summed E-state index contributed by atoms with van der Waals surface area (Å²) in [5.74, 6) is 1.43. The van der Waals surface area contributed by atoms with Gasteiger partial charge >= 0.3 is 17.9 Å². The Kier molecular flexibility index (Phi) is 6.60. The van der Waals surface area contributed by atoms with Crippen molar-refractivity contribution in [3.63, 3.8) is 0 Å². The van der Waals surface area contributed by atoms with Crippen molar-refractivity contribution in [1.82, 2.24) is 0 Å². The maximum Gasteiger partial charge on any atom is 0.308 e. The largest absolute Gasteiger partial charge is 0.469 e. The minimum atomic E-state index is -0.231. The lowest BCUT2D eigenvalue weighted by atomic mass is 9.43. The van der Waals surface area contributed by atoms with E-state index in [1.54, 1.807) is 0 Å². The van der Waals surface area contributed by atoms with Crippen molar-refractivity contribution in [2.75, 3.05) is 7.11 Å². The smallest absolute Gasteiger partial charge is 0.308 e. The van der Waals surface area contributed by atoms with Gasteiger partial charge in [-0.2, -0.15) is 0 Å². The molecule has 0 aliphatic heterocycles. The van der Waals surface area contributed by atoms with Gasteiger partial charge in [0.05, 0.1) is 13.0 Å². The fourth-order valence-electron chi connectivity index (χ4n) is 9.08. The molecule has 0 amide bonds. The first-order chi connectivity index (χ1) is 15.5. The number of hydrogen-bond acceptors (Lipinski definition) is 6. The van der Waals surface area contributed by atoms with E-state index in [4.69, 9.17) is 14.2 Å². The molecule has 0 heterocycles. The maximum atomic E-state index is 12.5. The molecular formula is C27H42O6. The molecule has 4 rings (SSSR count). The van der Waals surface area contributed by atoms with E-state index in [2.05, 4.69) is 13.8 Å². The van der Waals surface area contributed by atoms with Gasteiger partial charge in [-0.05, 0) is 86.4 Å². The van der Waals surface area contributed by atoms with Crippen molar-refractivity contribution in [3.8, 4) is 0 Å². The Morgan fingerprint density at radius 3 is 2.21 bits per heavy atom. The summed E-state index contributed by atoms with van der Waals surface area (Å²) in [6.07, 6.45) is 8.03. The van der Waals surface area contributed by atoms with E-state index in [1.807, 2.05) is 6.92 Å². The summed E-state index contributed by atoms with van der Waals surface area (Å²) < 4.78 is 16.8. The summed E-state index contributed by atoms with van der Waals surface area (Å²) in [6, 6.07) is 0. The summed E-state index contributed by atoms with van der Waals surface area (Å²) in [5.41, 5.74) is -0.0378. The SMILES string of the molecule is COC(=O)[C@@H](C)[C@H]1CC[C@H]2[C@@H]3CC[C@H]4C[C@H](OC(C)=O)CC[C@]4(C)[C@H]3C[C@H](OC(C)=O)[C@]12C. The quantitative estimate of drug-likeness (QED) is 0.435. The van der Waals surface area contributed by atoms with Gasteiger partial charge in [0.1, 0.15) is 12.2 Å². The molecule has 10 atom stereocenters. The number of carbonyl (C=O) groups is 3. The first-order valence-electron chi connectivity index (χ1n) is 12.9. The van der Waals surface area contributed by atoms with Gasteiger partial charge in [0.15, 0.2) is 0 Å². The van der Waals surface area contributed by atoms with Crippen molar-refractivity contribution in [2.24, 2.45) is 46.3 Å². The van der Waals surface area contributed by atoms with Crippen LogP contribution in [-0.4, -0.2) is 37.2 Å². The highest BCUT2D eigenvalue weighted by Gasteiger charge is 2.65. The highest BCUT2D eigenvalue weighted by Crippen LogP contribution is 2.68. The Labute approximate surface area is 198 Å². The van der Waals surface area contributed by atoms with Crippen molar-refractivity contribution in [2.45, 2.75) is 98.2 Å². The van der Waals surface area contributed by atoms with Crippen LogP contribution in [-0.2, 0) is 28.6 Å². The van der Waals surface area contributed by atoms with Crippen LogP contribution in [0.25, 0.3) is 0 Å². The molecule has 0 N–H and O–H groups in total. The predicted octanol–water partition coefficient (Wildman–Crippen LogP) is 4.93. The summed E-state index contributed by atoms with van der Waals surface area (Å²) in [6.45, 7) is 9.71. The first kappa shape index (κ1) is 24.5. The Hall–Kier alpha value is -1.59. The van der Waals surface area contributed by atoms with E-state index < -0.39 is 0 Å². The van der Waals surface area contributed by atoms with Crippen LogP contribution in [0.1, 0.15) is 86.0 Å². The number of hydrogen-bond donors (Lipinski definition) is 0. The molecule has 4 aliphatic carbocycles. The molecule has 0 saturated heterocycles. The molecule has 0 aromatic carbocycles. The normalized spacial score (nSPS) is 45.1. The average molecular weight is 463 g/mol. The Balaban J connectivity index is 1.64. The summed E-state index contributed by atoms with van der Waals surface area (Å²) >= 11 is 0. The van der Waals surface area contributed by atoms with Crippen LogP contribution in [0, 0.1) is 46.3 Å². The molecule has 0 radical (unpaired) electrons. The number of fused-ring (bicyclic) bond motifs is 5. The lowest BCUT2D eigenvalue weighted by Gasteiger charge is -2.62. The summed E-state index contributed by atoms with van der Waals surface area (Å²) in [7, 11) is 1.46. The maximum absolute atomic E-state index is 12.5. The standard InChI is InChI=1S/C27H42O6/c1-15(25(30)31-6)21-9-10-22-20-8-7-18-13-19(32-16(2)28)11-12-26(18,4)23(20)14-24(27(21,22)5)33-17(3)29/h15,18-24H,7-14H2,1-6H3/t15-,18-,19+,20-,21+,22-,23-,24-,26-,27+/m0/s1. The van der Waals surface area contributed by atoms with Gasteiger partial charge < -0.3 is 14.2 Å². The molecule has 4 saturated carbocycles. The first-order valence-corrected chi connectivity index (χ1v) is 12.9. The molecule has 33 heavy (non-hydrogen) atoms. The third kappa shape index (κ3) is 3.99. The van der Waals surface area contributed by atoms with Crippen molar-refractivity contribution < 1.29 is 28.6 Å². The van der Waals surface area contributed by atoms with Crippen molar-refractivity contribution >= 4 is 17.9 Å². The zero-order valence-corrected chi connectivity index (χ0v) is 21.2. The highest BCUT2D eigenvalue weighted by atomic mass is 16.5. The molecule has 0 aromatic heterocycles. The lowest BCUT2D eigenvalue weighted by molar-refractivity contribution is -0.198. The molecule has 6 heteroatoms. The van der Waals surface area contributed by atoms with Crippen LogP contribution in [0.3, 0.4) is 0 Å². The Bertz CT molecular complexity index is 793. The molecular weight excluding hydrogens is 420 g/mol. The monoisotopic (exact) mass is 462 g/mol. The van der Waals surface area contributed by atoms with Crippen LogP contribution in [0.2, 0.25) is 0 Å². The zero-order valence-electron chi connectivity index (χ0n) is 21.2. The minimum absolute atomic E-state index is 0.0343. The third-order valence-corrected chi connectivity index (χ3v) is 10.6. The van der Waals surface area contributed by atoms with Gasteiger partial charge in [-0.25, -0.2) is 0 Å². The van der Waals surface area contributed by atoms with Crippen LogP contribution in [0.4, 0.5) is 0 Å². The van der Waals surface area contributed by atoms with Gasteiger partial charge in [0.25, 0.3) is 0 Å². The topological polar surface area (TPSA) is 78.9 Å². The highest BCUT2D eigenvalue weighted by molar-refractivity contribution is 5.72. The average Bonchev–Trinajstić information content (AvgIpc) is 3.11. The predicted molar refractivity (Wildman–Crippen MR) is 123 cm³/mol.